The summed E-state index contributed by atoms with van der Waals surface area (Å²) in [7, 11) is 0. The Kier molecular flexibility index (Phi) is 6.36. The molecule has 4 nitrogen and oxygen atoms in total. The number of carbonyl (C=O) groups excluding carboxylic acids is 1. The number of esters is 1. The molecule has 0 aliphatic rings. The molecule has 0 spiro atoms. The maximum Gasteiger partial charge on any atom is 0.323 e. The van der Waals surface area contributed by atoms with Crippen LogP contribution in [-0.2, 0) is 22.4 Å². The number of benzene rings is 1. The molecule has 0 aliphatic heterocycles. The Labute approximate surface area is 114 Å². The SMILES string of the molecule is CCOC(=O)C(N)Cc1ccc(OCC)cc1CC. The predicted octanol–water partition coefficient (Wildman–Crippen LogP) is 2.08. The highest BCUT2D eigenvalue weighted by molar-refractivity contribution is 5.76. The normalized spacial score (nSPS) is 12.0. The van der Waals surface area contributed by atoms with E-state index in [1.54, 1.807) is 6.92 Å². The molecule has 1 unspecified atom stereocenters. The molecular weight excluding hydrogens is 242 g/mol. The van der Waals surface area contributed by atoms with Gasteiger partial charge in [0, 0.05) is 0 Å². The molecule has 0 bridgehead atoms. The lowest BCUT2D eigenvalue weighted by Gasteiger charge is -2.14. The molecule has 106 valence electrons. The van der Waals surface area contributed by atoms with Crippen LogP contribution in [0.4, 0.5) is 0 Å². The fourth-order valence-electron chi connectivity index (χ4n) is 1.96. The molecule has 0 heterocycles. The highest BCUT2D eigenvalue weighted by Gasteiger charge is 2.16. The van der Waals surface area contributed by atoms with E-state index in [4.69, 9.17) is 15.2 Å². The first kappa shape index (κ1) is 15.5. The first-order valence-corrected chi connectivity index (χ1v) is 6.79. The van der Waals surface area contributed by atoms with Gasteiger partial charge in [-0.3, -0.25) is 4.79 Å². The van der Waals surface area contributed by atoms with E-state index in [2.05, 4.69) is 6.92 Å². The van der Waals surface area contributed by atoms with Gasteiger partial charge in [-0.05, 0) is 49.9 Å². The third kappa shape index (κ3) is 4.56. The average molecular weight is 265 g/mol. The minimum atomic E-state index is -0.608. The lowest BCUT2D eigenvalue weighted by atomic mass is 9.98. The van der Waals surface area contributed by atoms with Crippen molar-refractivity contribution in [2.24, 2.45) is 5.73 Å². The molecule has 4 heteroatoms. The van der Waals surface area contributed by atoms with Crippen molar-refractivity contribution in [2.45, 2.75) is 39.7 Å². The second kappa shape index (κ2) is 7.79. The van der Waals surface area contributed by atoms with Crippen LogP contribution in [0.5, 0.6) is 5.75 Å². The van der Waals surface area contributed by atoms with Crippen molar-refractivity contribution >= 4 is 5.97 Å². The lowest BCUT2D eigenvalue weighted by Crippen LogP contribution is -2.34. The highest BCUT2D eigenvalue weighted by atomic mass is 16.5. The maximum atomic E-state index is 11.5. The number of hydrogen-bond donors (Lipinski definition) is 1. The monoisotopic (exact) mass is 265 g/mol. The van der Waals surface area contributed by atoms with Crippen LogP contribution >= 0.6 is 0 Å². The Morgan fingerprint density at radius 3 is 2.53 bits per heavy atom. The quantitative estimate of drug-likeness (QED) is 0.767. The molecule has 0 saturated carbocycles. The van der Waals surface area contributed by atoms with Crippen molar-refractivity contribution < 1.29 is 14.3 Å². The minimum Gasteiger partial charge on any atom is -0.494 e. The zero-order valence-electron chi connectivity index (χ0n) is 11.9. The van der Waals surface area contributed by atoms with Gasteiger partial charge in [-0.1, -0.05) is 13.0 Å². The van der Waals surface area contributed by atoms with Crippen molar-refractivity contribution in [1.82, 2.24) is 0 Å². The maximum absolute atomic E-state index is 11.5. The lowest BCUT2D eigenvalue weighted by molar-refractivity contribution is -0.144. The van der Waals surface area contributed by atoms with Gasteiger partial charge in [0.1, 0.15) is 11.8 Å². The average Bonchev–Trinajstić information content (AvgIpc) is 2.41. The van der Waals surface area contributed by atoms with Gasteiger partial charge in [0.2, 0.25) is 0 Å². The van der Waals surface area contributed by atoms with Crippen LogP contribution in [0.3, 0.4) is 0 Å². The largest absolute Gasteiger partial charge is 0.494 e. The van der Waals surface area contributed by atoms with Crippen molar-refractivity contribution in [3.63, 3.8) is 0 Å². The van der Waals surface area contributed by atoms with Crippen molar-refractivity contribution in [1.29, 1.82) is 0 Å². The molecule has 19 heavy (non-hydrogen) atoms. The topological polar surface area (TPSA) is 61.5 Å². The van der Waals surface area contributed by atoms with E-state index in [9.17, 15) is 4.79 Å². The van der Waals surface area contributed by atoms with Gasteiger partial charge in [0.05, 0.1) is 13.2 Å². The van der Waals surface area contributed by atoms with Crippen LogP contribution in [0.25, 0.3) is 0 Å². The zero-order valence-corrected chi connectivity index (χ0v) is 11.9. The second-order valence-electron chi connectivity index (χ2n) is 4.28. The third-order valence-corrected chi connectivity index (χ3v) is 2.90. The molecule has 1 aromatic rings. The summed E-state index contributed by atoms with van der Waals surface area (Å²) in [5.74, 6) is 0.506. The number of aryl methyl sites for hydroxylation is 1. The molecule has 1 atom stereocenters. The molecule has 1 rings (SSSR count). The first-order chi connectivity index (χ1) is 9.12. The molecule has 0 aromatic heterocycles. The standard InChI is InChI=1S/C15H23NO3/c1-4-11-9-13(18-5-2)8-7-12(11)10-14(16)15(17)19-6-3/h7-9,14H,4-6,10,16H2,1-3H3. The van der Waals surface area contributed by atoms with E-state index in [0.717, 1.165) is 23.3 Å². The second-order valence-corrected chi connectivity index (χ2v) is 4.28. The van der Waals surface area contributed by atoms with Crippen molar-refractivity contribution in [2.75, 3.05) is 13.2 Å². The van der Waals surface area contributed by atoms with Crippen LogP contribution in [0, 0.1) is 0 Å². The summed E-state index contributed by atoms with van der Waals surface area (Å²) >= 11 is 0. The van der Waals surface area contributed by atoms with Gasteiger partial charge in [0.25, 0.3) is 0 Å². The Morgan fingerprint density at radius 1 is 1.21 bits per heavy atom. The van der Waals surface area contributed by atoms with Gasteiger partial charge >= 0.3 is 5.97 Å². The van der Waals surface area contributed by atoms with Gasteiger partial charge in [0.15, 0.2) is 0 Å². The molecule has 0 radical (unpaired) electrons. The predicted molar refractivity (Wildman–Crippen MR) is 75.3 cm³/mol. The summed E-state index contributed by atoms with van der Waals surface area (Å²) in [6.45, 7) is 6.81. The number of rotatable bonds is 7. The molecule has 2 N–H and O–H groups in total. The smallest absolute Gasteiger partial charge is 0.323 e. The molecule has 0 amide bonds. The number of hydrogen-bond acceptors (Lipinski definition) is 4. The summed E-state index contributed by atoms with van der Waals surface area (Å²) in [6.07, 6.45) is 1.38. The first-order valence-electron chi connectivity index (χ1n) is 6.79. The van der Waals surface area contributed by atoms with Crippen LogP contribution in [0.15, 0.2) is 18.2 Å². The Morgan fingerprint density at radius 2 is 1.95 bits per heavy atom. The van der Waals surface area contributed by atoms with Crippen LogP contribution in [0.2, 0.25) is 0 Å². The third-order valence-electron chi connectivity index (χ3n) is 2.90. The highest BCUT2D eigenvalue weighted by Crippen LogP contribution is 2.20. The van der Waals surface area contributed by atoms with Gasteiger partial charge in [-0.25, -0.2) is 0 Å². The summed E-state index contributed by atoms with van der Waals surface area (Å²) in [5, 5.41) is 0. The number of carbonyl (C=O) groups is 1. The summed E-state index contributed by atoms with van der Waals surface area (Å²) < 4.78 is 10.4. The van der Waals surface area contributed by atoms with Gasteiger partial charge in [-0.2, -0.15) is 0 Å². The van der Waals surface area contributed by atoms with Crippen molar-refractivity contribution in [3.05, 3.63) is 29.3 Å². The summed E-state index contributed by atoms with van der Waals surface area (Å²) in [5.41, 5.74) is 8.08. The van der Waals surface area contributed by atoms with Crippen LogP contribution in [0.1, 0.15) is 31.9 Å². The van der Waals surface area contributed by atoms with E-state index in [1.807, 2.05) is 25.1 Å². The number of nitrogens with two attached hydrogens (primary N) is 1. The van der Waals surface area contributed by atoms with E-state index < -0.39 is 6.04 Å². The van der Waals surface area contributed by atoms with Crippen molar-refractivity contribution in [3.8, 4) is 5.75 Å². The van der Waals surface area contributed by atoms with Gasteiger partial charge < -0.3 is 15.2 Å². The van der Waals surface area contributed by atoms with E-state index in [0.29, 0.717) is 19.6 Å². The van der Waals surface area contributed by atoms with E-state index >= 15 is 0 Å². The fourth-order valence-corrected chi connectivity index (χ4v) is 1.96. The molecule has 0 saturated heterocycles. The Hall–Kier alpha value is -1.55. The molecule has 1 aromatic carbocycles. The van der Waals surface area contributed by atoms with E-state index in [1.165, 1.54) is 0 Å². The Balaban J connectivity index is 2.79. The van der Waals surface area contributed by atoms with Crippen LogP contribution < -0.4 is 10.5 Å². The summed E-state index contributed by atoms with van der Waals surface area (Å²) in [6, 6.07) is 5.29. The Bertz CT molecular complexity index is 418. The fraction of sp³-hybridized carbons (Fsp3) is 0.533. The number of ether oxygens (including phenoxy) is 2. The summed E-state index contributed by atoms with van der Waals surface area (Å²) in [4.78, 5) is 11.5. The molecule has 0 aliphatic carbocycles. The molecule has 0 fully saturated rings. The van der Waals surface area contributed by atoms with E-state index in [-0.39, 0.29) is 5.97 Å². The van der Waals surface area contributed by atoms with Crippen LogP contribution in [-0.4, -0.2) is 25.2 Å². The zero-order chi connectivity index (χ0) is 14.3. The van der Waals surface area contributed by atoms with Gasteiger partial charge in [-0.15, -0.1) is 0 Å². The molecular formula is C15H23NO3. The minimum absolute atomic E-state index is 0.349.